The summed E-state index contributed by atoms with van der Waals surface area (Å²) in [7, 11) is 3.23. The molecule has 0 saturated heterocycles. The Labute approximate surface area is 109 Å². The summed E-state index contributed by atoms with van der Waals surface area (Å²) < 4.78 is 10.4. The molecule has 0 radical (unpaired) electrons. The van der Waals surface area contributed by atoms with Gasteiger partial charge in [0.2, 0.25) is 0 Å². The third-order valence-electron chi connectivity index (χ3n) is 3.04. The van der Waals surface area contributed by atoms with E-state index in [-0.39, 0.29) is 5.92 Å². The van der Waals surface area contributed by atoms with Gasteiger partial charge in [0.25, 0.3) is 0 Å². The van der Waals surface area contributed by atoms with Crippen LogP contribution in [0, 0.1) is 5.92 Å². The molecular weight excluding hydrogens is 228 g/mol. The summed E-state index contributed by atoms with van der Waals surface area (Å²) in [6.07, 6.45) is 2.32. The van der Waals surface area contributed by atoms with Crippen LogP contribution in [0.25, 0.3) is 0 Å². The number of ketones is 1. The number of carbonyl (C=O) groups is 1. The monoisotopic (exact) mass is 250 g/mol. The average molecular weight is 250 g/mol. The van der Waals surface area contributed by atoms with E-state index in [0.29, 0.717) is 23.7 Å². The largest absolute Gasteiger partial charge is 0.493 e. The fourth-order valence-corrected chi connectivity index (χ4v) is 1.97. The van der Waals surface area contributed by atoms with E-state index in [1.807, 2.05) is 32.0 Å². The van der Waals surface area contributed by atoms with Gasteiger partial charge in [0, 0.05) is 12.3 Å². The van der Waals surface area contributed by atoms with Crippen LogP contribution in [0.1, 0.15) is 32.3 Å². The summed E-state index contributed by atoms with van der Waals surface area (Å²) in [5.41, 5.74) is 1.10. The Balaban J connectivity index is 2.76. The highest BCUT2D eigenvalue weighted by Gasteiger charge is 2.13. The number of benzene rings is 1. The summed E-state index contributed by atoms with van der Waals surface area (Å²) >= 11 is 0. The van der Waals surface area contributed by atoms with E-state index < -0.39 is 0 Å². The molecule has 0 saturated carbocycles. The summed E-state index contributed by atoms with van der Waals surface area (Å²) in [6, 6.07) is 5.80. The van der Waals surface area contributed by atoms with Crippen molar-refractivity contribution in [3.05, 3.63) is 23.8 Å². The molecule has 0 aromatic heterocycles. The molecule has 1 aromatic carbocycles. The Kier molecular flexibility index (Phi) is 5.69. The topological polar surface area (TPSA) is 35.5 Å². The van der Waals surface area contributed by atoms with Gasteiger partial charge in [-0.1, -0.05) is 19.9 Å². The molecule has 0 aliphatic carbocycles. The van der Waals surface area contributed by atoms with Crippen LogP contribution in [0.2, 0.25) is 0 Å². The van der Waals surface area contributed by atoms with Crippen molar-refractivity contribution in [2.45, 2.75) is 33.1 Å². The molecule has 1 unspecified atom stereocenters. The molecule has 0 spiro atoms. The third kappa shape index (κ3) is 3.76. The Morgan fingerprint density at radius 2 is 1.89 bits per heavy atom. The van der Waals surface area contributed by atoms with Crippen molar-refractivity contribution in [1.29, 1.82) is 0 Å². The molecule has 0 fully saturated rings. The van der Waals surface area contributed by atoms with E-state index in [9.17, 15) is 4.79 Å². The van der Waals surface area contributed by atoms with Crippen molar-refractivity contribution in [2.24, 2.45) is 5.92 Å². The zero-order valence-electron chi connectivity index (χ0n) is 11.7. The fraction of sp³-hybridized carbons (Fsp3) is 0.533. The summed E-state index contributed by atoms with van der Waals surface area (Å²) in [5.74, 6) is 1.81. The second-order valence-corrected chi connectivity index (χ2v) is 4.51. The van der Waals surface area contributed by atoms with Crippen molar-refractivity contribution in [3.63, 3.8) is 0 Å². The van der Waals surface area contributed by atoms with E-state index >= 15 is 0 Å². The van der Waals surface area contributed by atoms with Crippen LogP contribution in [-0.2, 0) is 11.2 Å². The van der Waals surface area contributed by atoms with Gasteiger partial charge < -0.3 is 9.47 Å². The molecule has 0 aliphatic heterocycles. The average Bonchev–Trinajstić information content (AvgIpc) is 2.38. The fourth-order valence-electron chi connectivity index (χ4n) is 1.97. The maximum absolute atomic E-state index is 11.8. The van der Waals surface area contributed by atoms with Gasteiger partial charge in [0.1, 0.15) is 5.78 Å². The van der Waals surface area contributed by atoms with Crippen molar-refractivity contribution < 1.29 is 14.3 Å². The molecule has 100 valence electrons. The molecule has 0 amide bonds. The molecule has 18 heavy (non-hydrogen) atoms. The van der Waals surface area contributed by atoms with E-state index in [4.69, 9.17) is 9.47 Å². The molecule has 1 aromatic rings. The SMILES string of the molecule is CCCC(=O)C(C)Cc1ccc(OC)c(OC)c1. The summed E-state index contributed by atoms with van der Waals surface area (Å²) in [5, 5.41) is 0. The lowest BCUT2D eigenvalue weighted by Crippen LogP contribution is -2.13. The van der Waals surface area contributed by atoms with Gasteiger partial charge in [-0.25, -0.2) is 0 Å². The maximum atomic E-state index is 11.8. The van der Waals surface area contributed by atoms with Gasteiger partial charge >= 0.3 is 0 Å². The van der Waals surface area contributed by atoms with Gasteiger partial charge in [-0.3, -0.25) is 4.79 Å². The molecule has 0 heterocycles. The molecule has 3 nitrogen and oxygen atoms in total. The molecule has 1 rings (SSSR count). The predicted octanol–water partition coefficient (Wildman–Crippen LogP) is 3.25. The minimum absolute atomic E-state index is 0.0584. The minimum Gasteiger partial charge on any atom is -0.493 e. The number of methoxy groups -OCH3 is 2. The second-order valence-electron chi connectivity index (χ2n) is 4.51. The highest BCUT2D eigenvalue weighted by molar-refractivity contribution is 5.80. The molecule has 1 atom stereocenters. The third-order valence-corrected chi connectivity index (χ3v) is 3.04. The first-order valence-electron chi connectivity index (χ1n) is 6.36. The standard InChI is InChI=1S/C15H22O3/c1-5-6-13(16)11(2)9-12-7-8-14(17-3)15(10-12)18-4/h7-8,10-11H,5-6,9H2,1-4H3. The lowest BCUT2D eigenvalue weighted by molar-refractivity contribution is -0.122. The van der Waals surface area contributed by atoms with Crippen LogP contribution in [-0.4, -0.2) is 20.0 Å². The lowest BCUT2D eigenvalue weighted by atomic mass is 9.94. The number of hydrogen-bond donors (Lipinski definition) is 0. The van der Waals surface area contributed by atoms with E-state index in [0.717, 1.165) is 18.4 Å². The smallest absolute Gasteiger partial charge is 0.160 e. The van der Waals surface area contributed by atoms with Crippen LogP contribution in [0.5, 0.6) is 11.5 Å². The second kappa shape index (κ2) is 7.04. The number of hydrogen-bond acceptors (Lipinski definition) is 3. The lowest BCUT2D eigenvalue weighted by Gasteiger charge is -2.12. The van der Waals surface area contributed by atoms with Crippen molar-refractivity contribution >= 4 is 5.78 Å². The zero-order chi connectivity index (χ0) is 13.5. The first kappa shape index (κ1) is 14.6. The van der Waals surface area contributed by atoms with Crippen LogP contribution >= 0.6 is 0 Å². The zero-order valence-corrected chi connectivity index (χ0v) is 11.7. The number of carbonyl (C=O) groups excluding carboxylic acids is 1. The van der Waals surface area contributed by atoms with Crippen molar-refractivity contribution in [1.82, 2.24) is 0 Å². The van der Waals surface area contributed by atoms with Crippen LogP contribution in [0.15, 0.2) is 18.2 Å². The van der Waals surface area contributed by atoms with E-state index in [1.54, 1.807) is 14.2 Å². The van der Waals surface area contributed by atoms with Crippen molar-refractivity contribution in [3.8, 4) is 11.5 Å². The van der Waals surface area contributed by atoms with E-state index in [1.165, 1.54) is 0 Å². The predicted molar refractivity (Wildman–Crippen MR) is 72.3 cm³/mol. The first-order valence-corrected chi connectivity index (χ1v) is 6.36. The quantitative estimate of drug-likeness (QED) is 0.745. The maximum Gasteiger partial charge on any atom is 0.160 e. The molecule has 3 heteroatoms. The number of ether oxygens (including phenoxy) is 2. The minimum atomic E-state index is 0.0584. The van der Waals surface area contributed by atoms with Gasteiger partial charge in [-0.05, 0) is 30.5 Å². The molecular formula is C15H22O3. The molecule has 0 bridgehead atoms. The highest BCUT2D eigenvalue weighted by Crippen LogP contribution is 2.28. The van der Waals surface area contributed by atoms with Gasteiger partial charge in [0.05, 0.1) is 14.2 Å². The van der Waals surface area contributed by atoms with Gasteiger partial charge in [0.15, 0.2) is 11.5 Å². The van der Waals surface area contributed by atoms with Gasteiger partial charge in [-0.15, -0.1) is 0 Å². The number of Topliss-reactive ketones (excluding diaryl/α,β-unsaturated/α-hetero) is 1. The highest BCUT2D eigenvalue weighted by atomic mass is 16.5. The van der Waals surface area contributed by atoms with Crippen LogP contribution < -0.4 is 9.47 Å². The van der Waals surface area contributed by atoms with Crippen LogP contribution in [0.3, 0.4) is 0 Å². The molecule has 0 N–H and O–H groups in total. The number of rotatable bonds is 7. The molecule has 0 aliphatic rings. The summed E-state index contributed by atoms with van der Waals surface area (Å²) in [6.45, 7) is 4.01. The Bertz CT molecular complexity index is 399. The van der Waals surface area contributed by atoms with E-state index in [2.05, 4.69) is 0 Å². The Morgan fingerprint density at radius 3 is 2.44 bits per heavy atom. The van der Waals surface area contributed by atoms with Crippen molar-refractivity contribution in [2.75, 3.05) is 14.2 Å². The summed E-state index contributed by atoms with van der Waals surface area (Å²) in [4.78, 5) is 11.8. The normalized spacial score (nSPS) is 12.0. The van der Waals surface area contributed by atoms with Crippen LogP contribution in [0.4, 0.5) is 0 Å². The Hall–Kier alpha value is -1.51. The first-order chi connectivity index (χ1) is 8.62. The van der Waals surface area contributed by atoms with Gasteiger partial charge in [-0.2, -0.15) is 0 Å². The Morgan fingerprint density at radius 1 is 1.22 bits per heavy atom.